The van der Waals surface area contributed by atoms with Gasteiger partial charge in [0.15, 0.2) is 6.10 Å². The summed E-state index contributed by atoms with van der Waals surface area (Å²) in [4.78, 5) is 24.3. The molecule has 0 heterocycles. The van der Waals surface area contributed by atoms with Crippen molar-refractivity contribution in [2.75, 3.05) is 13.2 Å². The van der Waals surface area contributed by atoms with Crippen LogP contribution >= 0.6 is 0 Å². The lowest BCUT2D eigenvalue weighted by Gasteiger charge is -2.15. The molecule has 48 heavy (non-hydrogen) atoms. The van der Waals surface area contributed by atoms with E-state index in [1.165, 1.54) is 167 Å². The van der Waals surface area contributed by atoms with Gasteiger partial charge in [0.2, 0.25) is 0 Å². The van der Waals surface area contributed by atoms with E-state index in [1.807, 2.05) is 0 Å². The Morgan fingerprint density at radius 2 is 0.771 bits per heavy atom. The lowest BCUT2D eigenvalue weighted by atomic mass is 10.0. The summed E-state index contributed by atoms with van der Waals surface area (Å²) < 4.78 is 10.6. The van der Waals surface area contributed by atoms with Crippen LogP contribution in [0, 0.1) is 0 Å². The number of allylic oxidation sites excluding steroid dienone is 2. The molecule has 0 aliphatic carbocycles. The van der Waals surface area contributed by atoms with Crippen molar-refractivity contribution in [3.8, 4) is 0 Å². The van der Waals surface area contributed by atoms with E-state index in [0.717, 1.165) is 38.5 Å². The first-order chi connectivity index (χ1) is 23.6. The number of hydrogen-bond donors (Lipinski definition) is 1. The molecule has 0 spiro atoms. The molecule has 0 amide bonds. The van der Waals surface area contributed by atoms with Crippen molar-refractivity contribution in [3.05, 3.63) is 12.2 Å². The summed E-state index contributed by atoms with van der Waals surface area (Å²) in [5.74, 6) is -0.580. The van der Waals surface area contributed by atoms with E-state index in [2.05, 4.69) is 26.0 Å². The van der Waals surface area contributed by atoms with Crippen LogP contribution in [-0.2, 0) is 19.1 Å². The fourth-order valence-electron chi connectivity index (χ4n) is 6.31. The molecule has 0 bridgehead atoms. The van der Waals surface area contributed by atoms with Crippen molar-refractivity contribution in [2.45, 2.75) is 238 Å². The van der Waals surface area contributed by atoms with E-state index in [4.69, 9.17) is 9.47 Å². The Labute approximate surface area is 299 Å². The fraction of sp³-hybridized carbons (Fsp3) is 0.907. The maximum atomic E-state index is 12.2. The third-order valence-electron chi connectivity index (χ3n) is 9.56. The number of carbonyl (C=O) groups is 2. The highest BCUT2D eigenvalue weighted by Gasteiger charge is 2.16. The zero-order valence-corrected chi connectivity index (χ0v) is 32.3. The predicted molar refractivity (Wildman–Crippen MR) is 205 cm³/mol. The molecule has 5 heteroatoms. The number of hydrogen-bond acceptors (Lipinski definition) is 5. The highest BCUT2D eigenvalue weighted by Crippen LogP contribution is 2.15. The molecule has 0 aromatic heterocycles. The average molecular weight is 679 g/mol. The topological polar surface area (TPSA) is 72.8 Å². The standard InChI is InChI=1S/C43H82O5/c1-3-5-7-9-11-13-15-17-19-20-21-22-24-25-27-29-31-33-35-37-42(45)47-40-41(39-44)48-43(46)38-36-34-32-30-28-26-23-18-16-14-12-10-8-6-4-2/h17,19,41,44H,3-16,18,20-40H2,1-2H3/t41-/m0/s1. The number of carbonyl (C=O) groups excluding carboxylic acids is 2. The molecule has 284 valence electrons. The Kier molecular flexibility index (Phi) is 38.9. The van der Waals surface area contributed by atoms with Gasteiger partial charge in [0.05, 0.1) is 6.61 Å². The van der Waals surface area contributed by atoms with Gasteiger partial charge in [-0.15, -0.1) is 0 Å². The molecule has 0 saturated heterocycles. The number of ether oxygens (including phenoxy) is 2. The van der Waals surface area contributed by atoms with Crippen molar-refractivity contribution >= 4 is 11.9 Å². The first-order valence-corrected chi connectivity index (χ1v) is 21.2. The van der Waals surface area contributed by atoms with Crippen molar-refractivity contribution in [3.63, 3.8) is 0 Å². The maximum Gasteiger partial charge on any atom is 0.306 e. The molecule has 1 atom stereocenters. The van der Waals surface area contributed by atoms with Gasteiger partial charge in [-0.05, 0) is 38.5 Å². The van der Waals surface area contributed by atoms with E-state index in [9.17, 15) is 14.7 Å². The Morgan fingerprint density at radius 1 is 0.458 bits per heavy atom. The summed E-state index contributed by atoms with van der Waals surface area (Å²) in [6.45, 7) is 4.16. The summed E-state index contributed by atoms with van der Waals surface area (Å²) in [7, 11) is 0. The number of unbranched alkanes of at least 4 members (excludes halogenated alkanes) is 29. The van der Waals surface area contributed by atoms with E-state index in [1.54, 1.807) is 0 Å². The van der Waals surface area contributed by atoms with Gasteiger partial charge in [0.25, 0.3) is 0 Å². The largest absolute Gasteiger partial charge is 0.462 e. The molecule has 5 nitrogen and oxygen atoms in total. The molecule has 1 N–H and O–H groups in total. The molecule has 0 aliphatic heterocycles. The lowest BCUT2D eigenvalue weighted by molar-refractivity contribution is -0.161. The van der Waals surface area contributed by atoms with Gasteiger partial charge in [0.1, 0.15) is 6.61 Å². The molecule has 0 radical (unpaired) electrons. The predicted octanol–water partition coefficient (Wildman–Crippen LogP) is 13.3. The SMILES string of the molecule is CCCCCCCCC=CCCCCCCCCCCCC(=O)OC[C@H](CO)OC(=O)CCCCCCCCCCCCCCCCC. The highest BCUT2D eigenvalue weighted by molar-refractivity contribution is 5.70. The second kappa shape index (κ2) is 40.1. The minimum Gasteiger partial charge on any atom is -0.462 e. The quantitative estimate of drug-likeness (QED) is 0.0398. The number of aliphatic hydroxyl groups excluding tert-OH is 1. The summed E-state index contributed by atoms with van der Waals surface area (Å²) >= 11 is 0. The zero-order chi connectivity index (χ0) is 35.0. The van der Waals surface area contributed by atoms with Crippen LogP contribution in [0.5, 0.6) is 0 Å². The molecule has 0 saturated carbocycles. The third-order valence-corrected chi connectivity index (χ3v) is 9.56. The average Bonchev–Trinajstić information content (AvgIpc) is 3.09. The van der Waals surface area contributed by atoms with Crippen LogP contribution < -0.4 is 0 Å². The van der Waals surface area contributed by atoms with Gasteiger partial charge in [-0.1, -0.05) is 193 Å². The van der Waals surface area contributed by atoms with E-state index in [0.29, 0.717) is 12.8 Å². The molecule has 0 aliphatic rings. The van der Waals surface area contributed by atoms with Crippen molar-refractivity contribution in [1.82, 2.24) is 0 Å². The van der Waals surface area contributed by atoms with Gasteiger partial charge in [-0.3, -0.25) is 9.59 Å². The second-order valence-corrected chi connectivity index (χ2v) is 14.4. The minimum absolute atomic E-state index is 0.0607. The van der Waals surface area contributed by atoms with Crippen LogP contribution in [0.25, 0.3) is 0 Å². The molecule has 0 fully saturated rings. The van der Waals surface area contributed by atoms with Gasteiger partial charge >= 0.3 is 11.9 Å². The normalized spacial score (nSPS) is 12.1. The van der Waals surface area contributed by atoms with Crippen LogP contribution in [0.15, 0.2) is 12.2 Å². The molecule has 0 aromatic carbocycles. The lowest BCUT2D eigenvalue weighted by Crippen LogP contribution is -2.28. The van der Waals surface area contributed by atoms with Gasteiger partial charge in [0, 0.05) is 12.8 Å². The minimum atomic E-state index is -0.765. The summed E-state index contributed by atoms with van der Waals surface area (Å²) in [5.41, 5.74) is 0. The van der Waals surface area contributed by atoms with Gasteiger partial charge in [-0.25, -0.2) is 0 Å². The van der Waals surface area contributed by atoms with Gasteiger partial charge < -0.3 is 14.6 Å². The first kappa shape index (κ1) is 46.6. The summed E-state index contributed by atoms with van der Waals surface area (Å²) in [5, 5.41) is 9.57. The van der Waals surface area contributed by atoms with Crippen molar-refractivity contribution in [2.24, 2.45) is 0 Å². The van der Waals surface area contributed by atoms with Crippen LogP contribution in [0.1, 0.15) is 232 Å². The van der Waals surface area contributed by atoms with Crippen molar-refractivity contribution < 1.29 is 24.2 Å². The Bertz CT molecular complexity index is 691. The molecular weight excluding hydrogens is 596 g/mol. The zero-order valence-electron chi connectivity index (χ0n) is 32.3. The Balaban J connectivity index is 3.49. The second-order valence-electron chi connectivity index (χ2n) is 14.4. The Hall–Kier alpha value is -1.36. The number of rotatable bonds is 39. The van der Waals surface area contributed by atoms with E-state index in [-0.39, 0.29) is 25.2 Å². The van der Waals surface area contributed by atoms with Crippen molar-refractivity contribution in [1.29, 1.82) is 0 Å². The maximum absolute atomic E-state index is 12.2. The molecule has 0 aromatic rings. The van der Waals surface area contributed by atoms with E-state index >= 15 is 0 Å². The Morgan fingerprint density at radius 3 is 1.12 bits per heavy atom. The van der Waals surface area contributed by atoms with Crippen LogP contribution in [-0.4, -0.2) is 36.4 Å². The summed E-state index contributed by atoms with van der Waals surface area (Å²) in [6, 6.07) is 0. The van der Waals surface area contributed by atoms with Crippen LogP contribution in [0.3, 0.4) is 0 Å². The number of esters is 2. The van der Waals surface area contributed by atoms with E-state index < -0.39 is 6.10 Å². The monoisotopic (exact) mass is 679 g/mol. The summed E-state index contributed by atoms with van der Waals surface area (Å²) in [6.07, 6.45) is 45.6. The third kappa shape index (κ3) is 37.5. The molecule has 0 unspecified atom stereocenters. The molecule has 0 rings (SSSR count). The first-order valence-electron chi connectivity index (χ1n) is 21.2. The number of aliphatic hydroxyl groups is 1. The smallest absolute Gasteiger partial charge is 0.306 e. The highest BCUT2D eigenvalue weighted by atomic mass is 16.6. The van der Waals surface area contributed by atoms with Crippen LogP contribution in [0.2, 0.25) is 0 Å². The van der Waals surface area contributed by atoms with Gasteiger partial charge in [-0.2, -0.15) is 0 Å². The van der Waals surface area contributed by atoms with Crippen LogP contribution in [0.4, 0.5) is 0 Å². The molecular formula is C43H82O5. The fourth-order valence-corrected chi connectivity index (χ4v) is 6.31.